The third-order valence-electron chi connectivity index (χ3n) is 4.90. The van der Waals surface area contributed by atoms with E-state index >= 15 is 0 Å². The first kappa shape index (κ1) is 19.0. The average Bonchev–Trinajstić information content (AvgIpc) is 3.35. The quantitative estimate of drug-likeness (QED) is 0.365. The van der Waals surface area contributed by atoms with E-state index < -0.39 is 29.6 Å². The highest BCUT2D eigenvalue weighted by molar-refractivity contribution is 7.26. The van der Waals surface area contributed by atoms with Crippen LogP contribution < -0.4 is 0 Å². The number of alkyl halides is 6. The predicted octanol–water partition coefficient (Wildman–Crippen LogP) is 7.84. The Labute approximate surface area is 163 Å². The highest BCUT2D eigenvalue weighted by atomic mass is 32.1. The number of halogens is 6. The summed E-state index contributed by atoms with van der Waals surface area (Å²) in [6, 6.07) is 8.30. The summed E-state index contributed by atoms with van der Waals surface area (Å²) in [5.41, 5.74) is -0.139. The van der Waals surface area contributed by atoms with Gasteiger partial charge in [0.05, 0.1) is 5.92 Å². The van der Waals surface area contributed by atoms with Crippen LogP contribution in [0.4, 0.5) is 26.3 Å². The van der Waals surface area contributed by atoms with Gasteiger partial charge in [0.1, 0.15) is 0 Å². The van der Waals surface area contributed by atoms with Gasteiger partial charge in [0.15, 0.2) is 0 Å². The minimum Gasteiger partial charge on any atom is -0.199 e. The first-order valence-electron chi connectivity index (χ1n) is 7.94. The summed E-state index contributed by atoms with van der Waals surface area (Å²) in [6.45, 7) is 0.778. The average molecular weight is 438 g/mol. The van der Waals surface area contributed by atoms with Gasteiger partial charge in [-0.3, -0.25) is 0 Å². The van der Waals surface area contributed by atoms with Gasteiger partial charge in [0.25, 0.3) is 0 Å². The Kier molecular flexibility index (Phi) is 4.29. The van der Waals surface area contributed by atoms with E-state index in [2.05, 4.69) is 0 Å². The monoisotopic (exact) mass is 438 g/mol. The van der Waals surface area contributed by atoms with Crippen LogP contribution in [-0.2, 0) is 0 Å². The second-order valence-corrected chi connectivity index (χ2v) is 9.38. The van der Waals surface area contributed by atoms with Crippen LogP contribution in [0.15, 0.2) is 41.1 Å². The molecule has 0 aromatic carbocycles. The third-order valence-corrected chi connectivity index (χ3v) is 8.17. The Hall–Kier alpha value is -1.32. The van der Waals surface area contributed by atoms with E-state index in [4.69, 9.17) is 0 Å². The second-order valence-electron chi connectivity index (χ2n) is 6.44. The van der Waals surface area contributed by atoms with Crippen molar-refractivity contribution in [3.63, 3.8) is 0 Å². The van der Waals surface area contributed by atoms with Crippen molar-refractivity contribution in [2.75, 3.05) is 0 Å². The van der Waals surface area contributed by atoms with Crippen molar-refractivity contribution < 1.29 is 26.3 Å². The van der Waals surface area contributed by atoms with Crippen LogP contribution in [-0.4, -0.2) is 17.8 Å². The molecule has 0 N–H and O–H groups in total. The van der Waals surface area contributed by atoms with Crippen molar-refractivity contribution >= 4 is 34.0 Å². The van der Waals surface area contributed by atoms with Gasteiger partial charge in [-0.2, -0.15) is 26.3 Å². The Morgan fingerprint density at radius 3 is 1.89 bits per heavy atom. The normalized spacial score (nSPS) is 25.7. The molecule has 0 saturated heterocycles. The van der Waals surface area contributed by atoms with Crippen molar-refractivity contribution in [2.45, 2.75) is 30.6 Å². The van der Waals surface area contributed by atoms with Crippen molar-refractivity contribution in [3.8, 4) is 19.5 Å². The lowest BCUT2D eigenvalue weighted by atomic mass is 9.87. The molecule has 144 valence electrons. The molecule has 0 amide bonds. The van der Waals surface area contributed by atoms with E-state index in [0.717, 1.165) is 23.1 Å². The van der Waals surface area contributed by atoms with E-state index in [-0.39, 0.29) is 5.56 Å². The van der Waals surface area contributed by atoms with Gasteiger partial charge in [-0.25, -0.2) is 0 Å². The fraction of sp³-hybridized carbons (Fsp3) is 0.333. The second kappa shape index (κ2) is 6.09. The highest BCUT2D eigenvalue weighted by Crippen LogP contribution is 2.66. The molecule has 1 fully saturated rings. The molecular weight excluding hydrogens is 426 g/mol. The molecule has 3 aromatic heterocycles. The maximum absolute atomic E-state index is 14.6. The molecule has 27 heavy (non-hydrogen) atoms. The fourth-order valence-corrected chi connectivity index (χ4v) is 6.38. The standard InChI is InChI=1S/C18H12F6S3/c1-9-14(17(21,22)18(23,24)16(9,19)20)10-8-13(11-4-2-6-25-11)27-15(10)12-5-3-7-26-12/h2-9,14H,1H3. The molecule has 0 aliphatic heterocycles. The molecule has 3 heterocycles. The molecule has 1 aliphatic rings. The van der Waals surface area contributed by atoms with Crippen LogP contribution in [0.25, 0.3) is 19.5 Å². The van der Waals surface area contributed by atoms with Gasteiger partial charge in [-0.05, 0) is 34.5 Å². The fourth-order valence-electron chi connectivity index (χ4n) is 3.47. The largest absolute Gasteiger partial charge is 0.372 e. The molecule has 1 saturated carbocycles. The van der Waals surface area contributed by atoms with Crippen LogP contribution in [0.3, 0.4) is 0 Å². The van der Waals surface area contributed by atoms with Gasteiger partial charge in [-0.1, -0.05) is 19.1 Å². The van der Waals surface area contributed by atoms with Crippen LogP contribution in [0.2, 0.25) is 0 Å². The van der Waals surface area contributed by atoms with Crippen molar-refractivity contribution in [3.05, 3.63) is 46.7 Å². The zero-order valence-electron chi connectivity index (χ0n) is 13.7. The van der Waals surface area contributed by atoms with E-state index in [0.29, 0.717) is 14.6 Å². The smallest absolute Gasteiger partial charge is 0.199 e. The molecule has 9 heteroatoms. The lowest BCUT2D eigenvalue weighted by Crippen LogP contribution is -2.48. The van der Waals surface area contributed by atoms with Crippen molar-refractivity contribution in [1.82, 2.24) is 0 Å². The molecule has 0 bridgehead atoms. The summed E-state index contributed by atoms with van der Waals surface area (Å²) in [5, 5.41) is 3.53. The van der Waals surface area contributed by atoms with E-state index in [1.165, 1.54) is 28.7 Å². The number of hydrogen-bond acceptors (Lipinski definition) is 3. The Morgan fingerprint density at radius 1 is 0.815 bits per heavy atom. The van der Waals surface area contributed by atoms with E-state index in [1.807, 2.05) is 0 Å². The van der Waals surface area contributed by atoms with Crippen molar-refractivity contribution in [1.29, 1.82) is 0 Å². The molecule has 1 aliphatic carbocycles. The van der Waals surface area contributed by atoms with Crippen LogP contribution >= 0.6 is 34.0 Å². The minimum absolute atomic E-state index is 0.139. The number of hydrogen-bond donors (Lipinski definition) is 0. The van der Waals surface area contributed by atoms with E-state index in [9.17, 15) is 26.3 Å². The highest BCUT2D eigenvalue weighted by Gasteiger charge is 2.83. The summed E-state index contributed by atoms with van der Waals surface area (Å²) >= 11 is 3.79. The molecule has 0 nitrogen and oxygen atoms in total. The maximum Gasteiger partial charge on any atom is 0.372 e. The van der Waals surface area contributed by atoms with Gasteiger partial charge in [0.2, 0.25) is 0 Å². The summed E-state index contributed by atoms with van der Waals surface area (Å²) in [7, 11) is 0. The summed E-state index contributed by atoms with van der Waals surface area (Å²) in [5.74, 6) is -19.5. The van der Waals surface area contributed by atoms with E-state index in [1.54, 1.807) is 35.0 Å². The zero-order valence-corrected chi connectivity index (χ0v) is 16.1. The van der Waals surface area contributed by atoms with Crippen LogP contribution in [0, 0.1) is 5.92 Å². The summed E-state index contributed by atoms with van der Waals surface area (Å²) < 4.78 is 85.2. The Bertz CT molecular complexity index is 940. The number of rotatable bonds is 3. The maximum atomic E-state index is 14.6. The molecular formula is C18H12F6S3. The molecule has 2 unspecified atom stereocenters. The SMILES string of the molecule is CC1C(c2cc(-c3cccs3)sc2-c2cccs2)C(F)(F)C(F)(F)C1(F)F. The van der Waals surface area contributed by atoms with Crippen LogP contribution in [0.1, 0.15) is 18.4 Å². The number of thiophene rings is 3. The first-order chi connectivity index (χ1) is 12.6. The molecule has 4 rings (SSSR count). The van der Waals surface area contributed by atoms with Gasteiger partial charge in [0, 0.05) is 25.4 Å². The Morgan fingerprint density at radius 2 is 1.41 bits per heavy atom. The molecule has 0 radical (unpaired) electrons. The first-order valence-corrected chi connectivity index (χ1v) is 10.5. The predicted molar refractivity (Wildman–Crippen MR) is 97.7 cm³/mol. The van der Waals surface area contributed by atoms with Gasteiger partial charge < -0.3 is 0 Å². The summed E-state index contributed by atoms with van der Waals surface area (Å²) in [6.07, 6.45) is 0. The minimum atomic E-state index is -5.40. The van der Waals surface area contributed by atoms with Crippen LogP contribution in [0.5, 0.6) is 0 Å². The third kappa shape index (κ3) is 2.54. The molecule has 2 atom stereocenters. The van der Waals surface area contributed by atoms with Gasteiger partial charge in [-0.15, -0.1) is 34.0 Å². The van der Waals surface area contributed by atoms with Gasteiger partial charge >= 0.3 is 17.8 Å². The summed E-state index contributed by atoms with van der Waals surface area (Å²) in [4.78, 5) is 2.32. The topological polar surface area (TPSA) is 0 Å². The lowest BCUT2D eigenvalue weighted by molar-refractivity contribution is -0.277. The lowest BCUT2D eigenvalue weighted by Gasteiger charge is -2.25. The van der Waals surface area contributed by atoms with Crippen molar-refractivity contribution in [2.24, 2.45) is 5.92 Å². The molecule has 0 spiro atoms. The molecule has 3 aromatic rings. The zero-order chi connectivity index (χ0) is 19.6. The Balaban J connectivity index is 1.93.